The van der Waals surface area contributed by atoms with Gasteiger partial charge >= 0.3 is 0 Å². The highest BCUT2D eigenvalue weighted by Crippen LogP contribution is 2.29. The molecule has 4 aromatic rings. The van der Waals surface area contributed by atoms with Crippen molar-refractivity contribution in [3.8, 4) is 5.69 Å². The van der Waals surface area contributed by atoms with Crippen LogP contribution in [0.2, 0.25) is 10.0 Å². The molecule has 2 heterocycles. The van der Waals surface area contributed by atoms with Crippen LogP contribution in [0, 0.1) is 0 Å². The van der Waals surface area contributed by atoms with Gasteiger partial charge in [-0.15, -0.1) is 10.2 Å². The van der Waals surface area contributed by atoms with E-state index in [4.69, 9.17) is 23.2 Å². The largest absolute Gasteiger partial charge is 0.378 e. The third-order valence-corrected chi connectivity index (χ3v) is 5.96. The van der Waals surface area contributed by atoms with Gasteiger partial charge in [0.05, 0.1) is 29.2 Å². The number of hydrazone groups is 1. The first-order chi connectivity index (χ1) is 16.6. The summed E-state index contributed by atoms with van der Waals surface area (Å²) in [7, 11) is 0. The minimum Gasteiger partial charge on any atom is -0.378 e. The van der Waals surface area contributed by atoms with Crippen molar-refractivity contribution in [3.63, 3.8) is 0 Å². The second-order valence-electron chi connectivity index (χ2n) is 6.92. The highest BCUT2D eigenvalue weighted by molar-refractivity contribution is 7.99. The van der Waals surface area contributed by atoms with Crippen LogP contribution < -0.4 is 10.7 Å². The fraction of sp³-hybridized carbons (Fsp3) is 0.0870. The molecule has 0 radical (unpaired) electrons. The summed E-state index contributed by atoms with van der Waals surface area (Å²) in [5.41, 5.74) is 4.89. The lowest BCUT2D eigenvalue weighted by molar-refractivity contribution is -0.118. The number of amides is 1. The topological polar surface area (TPSA) is 97.1 Å². The number of nitrogens with one attached hydrogen (secondary N) is 2. The Bertz CT molecular complexity index is 1280. The molecule has 34 heavy (non-hydrogen) atoms. The number of halogens is 2. The summed E-state index contributed by atoms with van der Waals surface area (Å²) in [6, 6.07) is 18.6. The van der Waals surface area contributed by atoms with E-state index in [1.54, 1.807) is 36.7 Å². The number of carbonyl (C=O) groups is 1. The van der Waals surface area contributed by atoms with Gasteiger partial charge in [0, 0.05) is 28.7 Å². The summed E-state index contributed by atoms with van der Waals surface area (Å²) >= 11 is 13.8. The quantitative estimate of drug-likeness (QED) is 0.190. The summed E-state index contributed by atoms with van der Waals surface area (Å²) in [5, 5.41) is 17.4. The molecule has 0 aliphatic heterocycles. The molecule has 2 aromatic heterocycles. The second-order valence-corrected chi connectivity index (χ2v) is 8.70. The van der Waals surface area contributed by atoms with Crippen LogP contribution in [0.4, 0.5) is 5.69 Å². The number of hydrogen-bond acceptors (Lipinski definition) is 7. The van der Waals surface area contributed by atoms with E-state index in [2.05, 4.69) is 31.0 Å². The maximum Gasteiger partial charge on any atom is 0.250 e. The lowest BCUT2D eigenvalue weighted by Gasteiger charge is -2.13. The van der Waals surface area contributed by atoms with E-state index in [1.165, 1.54) is 18.0 Å². The first-order valence-electron chi connectivity index (χ1n) is 10.1. The summed E-state index contributed by atoms with van der Waals surface area (Å²) in [6.07, 6.45) is 4.84. The summed E-state index contributed by atoms with van der Waals surface area (Å²) in [5.74, 6) is 0.427. The van der Waals surface area contributed by atoms with Gasteiger partial charge in [-0.1, -0.05) is 59.2 Å². The summed E-state index contributed by atoms with van der Waals surface area (Å²) in [4.78, 5) is 16.3. The van der Waals surface area contributed by atoms with Crippen molar-refractivity contribution in [1.82, 2.24) is 25.2 Å². The van der Waals surface area contributed by atoms with Crippen molar-refractivity contribution in [2.24, 2.45) is 5.10 Å². The van der Waals surface area contributed by atoms with Crippen LogP contribution in [-0.4, -0.2) is 37.6 Å². The molecule has 0 atom stereocenters. The average molecular weight is 512 g/mol. The molecule has 11 heteroatoms. The fourth-order valence-corrected chi connectivity index (χ4v) is 4.19. The number of aromatic nitrogens is 4. The zero-order valence-electron chi connectivity index (χ0n) is 17.7. The Kier molecular flexibility index (Phi) is 8.13. The summed E-state index contributed by atoms with van der Waals surface area (Å²) < 4.78 is 1.81. The monoisotopic (exact) mass is 511 g/mol. The number of rotatable bonds is 9. The van der Waals surface area contributed by atoms with Gasteiger partial charge in [-0.25, -0.2) is 5.43 Å². The van der Waals surface area contributed by atoms with Crippen LogP contribution in [0.1, 0.15) is 11.4 Å². The van der Waals surface area contributed by atoms with Gasteiger partial charge in [0.2, 0.25) is 0 Å². The number of benzene rings is 2. The fourth-order valence-electron chi connectivity index (χ4n) is 2.94. The minimum atomic E-state index is -0.286. The maximum atomic E-state index is 12.3. The van der Waals surface area contributed by atoms with E-state index in [0.717, 1.165) is 11.3 Å². The Labute approximate surface area is 210 Å². The van der Waals surface area contributed by atoms with Crippen molar-refractivity contribution >= 4 is 52.8 Å². The number of hydrogen-bond donors (Lipinski definition) is 2. The standard InChI is InChI=1S/C23H19Cl2N7OS/c24-17-8-9-20(19(25)11-17)32-21(14-27-18-6-2-1-3-7-18)29-31-23(32)34-15-22(33)30-28-13-16-5-4-10-26-12-16/h1-13,27H,14-15H2,(H,30,33). The summed E-state index contributed by atoms with van der Waals surface area (Å²) in [6.45, 7) is 0.401. The van der Waals surface area contributed by atoms with Gasteiger partial charge in [-0.3, -0.25) is 14.3 Å². The van der Waals surface area contributed by atoms with Gasteiger partial charge in [0.1, 0.15) is 0 Å². The zero-order chi connectivity index (χ0) is 23.8. The number of para-hydroxylation sites is 1. The molecule has 0 aliphatic rings. The number of anilines is 1. The van der Waals surface area contributed by atoms with Crippen LogP contribution in [-0.2, 0) is 11.3 Å². The van der Waals surface area contributed by atoms with Crippen LogP contribution in [0.5, 0.6) is 0 Å². The number of nitrogens with zero attached hydrogens (tertiary/aromatic N) is 5. The molecule has 2 N–H and O–H groups in total. The predicted molar refractivity (Wildman–Crippen MR) is 136 cm³/mol. The van der Waals surface area contributed by atoms with Gasteiger partial charge in [0.25, 0.3) is 5.91 Å². The lowest BCUT2D eigenvalue weighted by atomic mass is 10.3. The third-order valence-electron chi connectivity index (χ3n) is 4.50. The molecule has 0 saturated heterocycles. The molecule has 0 aliphatic carbocycles. The van der Waals surface area contributed by atoms with Gasteiger partial charge in [0.15, 0.2) is 11.0 Å². The molecule has 172 valence electrons. The Balaban J connectivity index is 1.49. The number of thioether (sulfide) groups is 1. The van der Waals surface area contributed by atoms with Crippen molar-refractivity contribution in [2.75, 3.05) is 11.1 Å². The molecular weight excluding hydrogens is 493 g/mol. The van der Waals surface area contributed by atoms with Crippen LogP contribution in [0.3, 0.4) is 0 Å². The van der Waals surface area contributed by atoms with Gasteiger partial charge < -0.3 is 5.32 Å². The Morgan fingerprint density at radius 3 is 2.71 bits per heavy atom. The highest BCUT2D eigenvalue weighted by Gasteiger charge is 2.18. The number of carbonyl (C=O) groups excluding carboxylic acids is 1. The third kappa shape index (κ3) is 6.34. The number of pyridine rings is 1. The molecule has 1 amide bonds. The van der Waals surface area contributed by atoms with Crippen molar-refractivity contribution in [3.05, 3.63) is 94.5 Å². The van der Waals surface area contributed by atoms with E-state index in [9.17, 15) is 4.79 Å². The van der Waals surface area contributed by atoms with Crippen LogP contribution in [0.15, 0.2) is 83.3 Å². The predicted octanol–water partition coefficient (Wildman–Crippen LogP) is 4.82. The molecule has 0 saturated carbocycles. The normalized spacial score (nSPS) is 11.0. The van der Waals surface area contributed by atoms with E-state index in [0.29, 0.717) is 33.3 Å². The zero-order valence-corrected chi connectivity index (χ0v) is 20.1. The molecule has 2 aromatic carbocycles. The molecule has 0 bridgehead atoms. The van der Waals surface area contributed by atoms with Gasteiger partial charge in [-0.05, 0) is 36.4 Å². The minimum absolute atomic E-state index is 0.0832. The highest BCUT2D eigenvalue weighted by atomic mass is 35.5. The second kappa shape index (κ2) is 11.6. The Morgan fingerprint density at radius 2 is 1.94 bits per heavy atom. The van der Waals surface area contributed by atoms with Crippen molar-refractivity contribution < 1.29 is 4.79 Å². The Morgan fingerprint density at radius 1 is 1.09 bits per heavy atom. The van der Waals surface area contributed by atoms with Gasteiger partial charge in [-0.2, -0.15) is 5.10 Å². The average Bonchev–Trinajstić information content (AvgIpc) is 3.25. The van der Waals surface area contributed by atoms with E-state index in [-0.39, 0.29) is 11.7 Å². The molecule has 0 spiro atoms. The lowest BCUT2D eigenvalue weighted by Crippen LogP contribution is -2.20. The SMILES string of the molecule is O=C(CSc1nnc(CNc2ccccc2)n1-c1ccc(Cl)cc1Cl)NN=Cc1cccnc1. The van der Waals surface area contributed by atoms with E-state index < -0.39 is 0 Å². The Hall–Kier alpha value is -3.40. The first kappa shape index (κ1) is 23.7. The molecule has 0 unspecified atom stereocenters. The van der Waals surface area contributed by atoms with Crippen molar-refractivity contribution in [2.45, 2.75) is 11.7 Å². The van der Waals surface area contributed by atoms with E-state index in [1.807, 2.05) is 41.0 Å². The molecule has 4 rings (SSSR count). The van der Waals surface area contributed by atoms with Crippen LogP contribution >= 0.6 is 35.0 Å². The smallest absolute Gasteiger partial charge is 0.250 e. The molecule has 8 nitrogen and oxygen atoms in total. The van der Waals surface area contributed by atoms with Crippen molar-refractivity contribution in [1.29, 1.82) is 0 Å². The van der Waals surface area contributed by atoms with E-state index >= 15 is 0 Å². The first-order valence-corrected chi connectivity index (χ1v) is 11.9. The molecular formula is C23H19Cl2N7OS. The van der Waals surface area contributed by atoms with Crippen LogP contribution in [0.25, 0.3) is 5.69 Å². The molecule has 0 fully saturated rings. The maximum absolute atomic E-state index is 12.3.